The number of allylic oxidation sites excluding steroid dienone is 1. The topological polar surface area (TPSA) is 21.3 Å². The van der Waals surface area contributed by atoms with Crippen molar-refractivity contribution in [3.05, 3.63) is 11.6 Å². The molecule has 1 aliphatic carbocycles. The molecule has 0 bridgehead atoms. The Morgan fingerprint density at radius 1 is 1.60 bits per heavy atom. The van der Waals surface area contributed by atoms with Crippen LogP contribution in [0.2, 0.25) is 0 Å². The molecule has 1 fully saturated rings. The van der Waals surface area contributed by atoms with Crippen LogP contribution in [0.5, 0.6) is 0 Å². The van der Waals surface area contributed by atoms with Crippen LogP contribution in [0.1, 0.15) is 39.5 Å². The first-order chi connectivity index (χ1) is 7.31. The lowest BCUT2D eigenvalue weighted by Crippen LogP contribution is -2.37. The van der Waals surface area contributed by atoms with Crippen molar-refractivity contribution in [2.45, 2.75) is 51.7 Å². The van der Waals surface area contributed by atoms with E-state index >= 15 is 0 Å². The van der Waals surface area contributed by atoms with Crippen LogP contribution in [0.3, 0.4) is 0 Å². The van der Waals surface area contributed by atoms with Crippen molar-refractivity contribution in [1.29, 1.82) is 0 Å². The fourth-order valence-corrected chi connectivity index (χ4v) is 2.88. The highest BCUT2D eigenvalue weighted by molar-refractivity contribution is 5.17. The molecule has 15 heavy (non-hydrogen) atoms. The van der Waals surface area contributed by atoms with Crippen LogP contribution < -0.4 is 5.32 Å². The van der Waals surface area contributed by atoms with Crippen molar-refractivity contribution >= 4 is 0 Å². The highest BCUT2D eigenvalue weighted by Gasteiger charge is 2.31. The van der Waals surface area contributed by atoms with E-state index < -0.39 is 0 Å². The minimum atomic E-state index is 0.457. The van der Waals surface area contributed by atoms with Crippen LogP contribution in [0.15, 0.2) is 11.6 Å². The number of nitrogens with one attached hydrogen (secondary N) is 1. The largest absolute Gasteiger partial charge is 0.378 e. The van der Waals surface area contributed by atoms with Gasteiger partial charge in [-0.15, -0.1) is 0 Å². The number of hydrogen-bond acceptors (Lipinski definition) is 2. The van der Waals surface area contributed by atoms with Gasteiger partial charge in [-0.3, -0.25) is 0 Å². The Bertz CT molecular complexity index is 237. The molecule has 0 aromatic rings. The first kappa shape index (κ1) is 11.2. The Kier molecular flexibility index (Phi) is 3.81. The second-order valence-corrected chi connectivity index (χ2v) is 4.85. The molecule has 2 aliphatic rings. The molecule has 3 unspecified atom stereocenters. The normalized spacial score (nSPS) is 33.1. The van der Waals surface area contributed by atoms with Gasteiger partial charge in [0, 0.05) is 12.0 Å². The molecule has 1 aliphatic heterocycles. The Morgan fingerprint density at radius 2 is 2.47 bits per heavy atom. The van der Waals surface area contributed by atoms with E-state index in [-0.39, 0.29) is 0 Å². The standard InChI is InChI=1S/C13H23NO/c1-3-14-13(11-6-4-5-7-11)12-8-10(2)15-9-12/h6,10,12-14H,3-5,7-9H2,1-2H3. The number of rotatable bonds is 4. The molecule has 1 saturated heterocycles. The summed E-state index contributed by atoms with van der Waals surface area (Å²) in [6.07, 6.45) is 8.03. The lowest BCUT2D eigenvalue weighted by molar-refractivity contribution is 0.118. The minimum Gasteiger partial charge on any atom is -0.378 e. The Balaban J connectivity index is 1.99. The zero-order valence-electron chi connectivity index (χ0n) is 9.96. The van der Waals surface area contributed by atoms with Crippen LogP contribution in [-0.4, -0.2) is 25.3 Å². The molecular formula is C13H23NO. The van der Waals surface area contributed by atoms with E-state index in [1.165, 1.54) is 25.7 Å². The Morgan fingerprint density at radius 3 is 3.00 bits per heavy atom. The van der Waals surface area contributed by atoms with Gasteiger partial charge in [-0.1, -0.05) is 18.6 Å². The number of likely N-dealkylation sites (N-methyl/N-ethyl adjacent to an activating group) is 1. The Hall–Kier alpha value is -0.340. The molecule has 0 aromatic carbocycles. The van der Waals surface area contributed by atoms with E-state index in [1.54, 1.807) is 5.57 Å². The van der Waals surface area contributed by atoms with Gasteiger partial charge in [0.2, 0.25) is 0 Å². The van der Waals surface area contributed by atoms with Crippen LogP contribution >= 0.6 is 0 Å². The van der Waals surface area contributed by atoms with Gasteiger partial charge in [-0.25, -0.2) is 0 Å². The highest BCUT2D eigenvalue weighted by atomic mass is 16.5. The van der Waals surface area contributed by atoms with Crippen molar-refractivity contribution in [3.63, 3.8) is 0 Å². The van der Waals surface area contributed by atoms with Crippen molar-refractivity contribution in [2.24, 2.45) is 5.92 Å². The van der Waals surface area contributed by atoms with Crippen LogP contribution in [-0.2, 0) is 4.74 Å². The summed E-state index contributed by atoms with van der Waals surface area (Å²) in [6, 6.07) is 0.586. The maximum atomic E-state index is 5.69. The molecule has 2 nitrogen and oxygen atoms in total. The van der Waals surface area contributed by atoms with Crippen molar-refractivity contribution in [3.8, 4) is 0 Å². The first-order valence-electron chi connectivity index (χ1n) is 6.35. The molecule has 1 N–H and O–H groups in total. The summed E-state index contributed by atoms with van der Waals surface area (Å²) in [5.74, 6) is 0.698. The lowest BCUT2D eigenvalue weighted by atomic mass is 9.90. The molecule has 0 spiro atoms. The number of hydrogen-bond donors (Lipinski definition) is 1. The minimum absolute atomic E-state index is 0.457. The summed E-state index contributed by atoms with van der Waals surface area (Å²) in [5.41, 5.74) is 1.64. The molecule has 0 amide bonds. The quantitative estimate of drug-likeness (QED) is 0.718. The molecule has 1 heterocycles. The second kappa shape index (κ2) is 5.13. The summed E-state index contributed by atoms with van der Waals surface area (Å²) < 4.78 is 5.69. The van der Waals surface area contributed by atoms with Crippen molar-refractivity contribution < 1.29 is 4.74 Å². The van der Waals surface area contributed by atoms with Gasteiger partial charge < -0.3 is 10.1 Å². The molecule has 0 radical (unpaired) electrons. The predicted octanol–water partition coefficient (Wildman–Crippen LogP) is 2.50. The molecule has 2 rings (SSSR count). The van der Waals surface area contributed by atoms with Crippen LogP contribution in [0.25, 0.3) is 0 Å². The fraction of sp³-hybridized carbons (Fsp3) is 0.846. The summed E-state index contributed by atoms with van der Waals surface area (Å²) >= 11 is 0. The zero-order valence-corrected chi connectivity index (χ0v) is 9.96. The van der Waals surface area contributed by atoms with Gasteiger partial charge in [-0.05, 0) is 39.2 Å². The van der Waals surface area contributed by atoms with Gasteiger partial charge in [0.05, 0.1) is 12.7 Å². The van der Waals surface area contributed by atoms with E-state index in [0.717, 1.165) is 13.2 Å². The third kappa shape index (κ3) is 2.61. The molecule has 0 aromatic heterocycles. The monoisotopic (exact) mass is 209 g/mol. The van der Waals surface area contributed by atoms with E-state index in [4.69, 9.17) is 4.74 Å². The molecular weight excluding hydrogens is 186 g/mol. The van der Waals surface area contributed by atoms with Gasteiger partial charge in [0.1, 0.15) is 0 Å². The van der Waals surface area contributed by atoms with E-state index in [1.807, 2.05) is 0 Å². The van der Waals surface area contributed by atoms with Gasteiger partial charge in [-0.2, -0.15) is 0 Å². The smallest absolute Gasteiger partial charge is 0.0551 e. The van der Waals surface area contributed by atoms with Gasteiger partial charge in [0.25, 0.3) is 0 Å². The van der Waals surface area contributed by atoms with Crippen LogP contribution in [0, 0.1) is 5.92 Å². The van der Waals surface area contributed by atoms with Crippen molar-refractivity contribution in [2.75, 3.05) is 13.2 Å². The van der Waals surface area contributed by atoms with E-state index in [2.05, 4.69) is 25.2 Å². The summed E-state index contributed by atoms with van der Waals surface area (Å²) in [7, 11) is 0. The summed E-state index contributed by atoms with van der Waals surface area (Å²) in [6.45, 7) is 6.39. The van der Waals surface area contributed by atoms with Gasteiger partial charge >= 0.3 is 0 Å². The SMILES string of the molecule is CCNC(C1=CCCC1)C1COC(C)C1. The van der Waals surface area contributed by atoms with E-state index in [0.29, 0.717) is 18.1 Å². The van der Waals surface area contributed by atoms with Crippen molar-refractivity contribution in [1.82, 2.24) is 5.32 Å². The first-order valence-corrected chi connectivity index (χ1v) is 6.35. The second-order valence-electron chi connectivity index (χ2n) is 4.85. The Labute approximate surface area is 93.1 Å². The summed E-state index contributed by atoms with van der Waals surface area (Å²) in [4.78, 5) is 0. The molecule has 86 valence electrons. The molecule has 0 saturated carbocycles. The van der Waals surface area contributed by atoms with E-state index in [9.17, 15) is 0 Å². The third-order valence-corrected chi connectivity index (χ3v) is 3.60. The predicted molar refractivity (Wildman–Crippen MR) is 62.9 cm³/mol. The molecule has 2 heteroatoms. The average Bonchev–Trinajstić information content (AvgIpc) is 2.85. The maximum Gasteiger partial charge on any atom is 0.0551 e. The molecule has 3 atom stereocenters. The third-order valence-electron chi connectivity index (χ3n) is 3.60. The van der Waals surface area contributed by atoms with Crippen LogP contribution in [0.4, 0.5) is 0 Å². The van der Waals surface area contributed by atoms with Gasteiger partial charge in [0.15, 0.2) is 0 Å². The highest BCUT2D eigenvalue weighted by Crippen LogP contribution is 2.30. The summed E-state index contributed by atoms with van der Waals surface area (Å²) in [5, 5.41) is 3.64. The lowest BCUT2D eigenvalue weighted by Gasteiger charge is -2.25. The maximum absolute atomic E-state index is 5.69. The fourth-order valence-electron chi connectivity index (χ4n) is 2.88. The average molecular weight is 209 g/mol. The zero-order chi connectivity index (χ0) is 10.7. The number of ether oxygens (including phenoxy) is 1.